The third-order valence-electron chi connectivity index (χ3n) is 4.70. The zero-order valence-electron chi connectivity index (χ0n) is 10.9. The van der Waals surface area contributed by atoms with Crippen molar-refractivity contribution in [2.24, 2.45) is 23.5 Å². The molecule has 94 valence electrons. The lowest BCUT2D eigenvalue weighted by Crippen LogP contribution is -2.28. The van der Waals surface area contributed by atoms with Gasteiger partial charge in [0.2, 0.25) is 0 Å². The quantitative estimate of drug-likeness (QED) is 0.865. The lowest BCUT2D eigenvalue weighted by atomic mass is 10.0. The van der Waals surface area contributed by atoms with E-state index < -0.39 is 0 Å². The van der Waals surface area contributed by atoms with Crippen LogP contribution < -0.4 is 5.73 Å². The van der Waals surface area contributed by atoms with Crippen LogP contribution in [0.25, 0.3) is 0 Å². The summed E-state index contributed by atoms with van der Waals surface area (Å²) in [4.78, 5) is 0. The number of nitrogens with zero attached hydrogens (tertiary/aromatic N) is 2. The van der Waals surface area contributed by atoms with Crippen LogP contribution in [0.4, 0.5) is 0 Å². The van der Waals surface area contributed by atoms with Crippen LogP contribution in [0.2, 0.25) is 0 Å². The Morgan fingerprint density at radius 1 is 1.47 bits per heavy atom. The second kappa shape index (κ2) is 4.13. The monoisotopic (exact) mass is 233 g/mol. The fourth-order valence-corrected chi connectivity index (χ4v) is 3.93. The Balaban J connectivity index is 1.66. The summed E-state index contributed by atoms with van der Waals surface area (Å²) >= 11 is 0. The molecule has 1 heterocycles. The second-order valence-corrected chi connectivity index (χ2v) is 5.80. The molecule has 2 aliphatic rings. The highest BCUT2D eigenvalue weighted by Crippen LogP contribution is 2.58. The SMILES string of the molecule is CCn1nc(C)cc1CC(N)C1C2CCCC21. The Kier molecular flexibility index (Phi) is 2.74. The Bertz CT molecular complexity index is 400. The first-order valence-electron chi connectivity index (χ1n) is 6.99. The van der Waals surface area contributed by atoms with Gasteiger partial charge in [-0.25, -0.2) is 0 Å². The Morgan fingerprint density at radius 2 is 2.18 bits per heavy atom. The van der Waals surface area contributed by atoms with Gasteiger partial charge in [0.15, 0.2) is 0 Å². The van der Waals surface area contributed by atoms with Gasteiger partial charge in [0, 0.05) is 24.7 Å². The standard InChI is InChI=1S/C14H23N3/c1-3-17-10(7-9(2)16-17)8-13(15)14-11-5-4-6-12(11)14/h7,11-14H,3-6,8,15H2,1-2H3. The van der Waals surface area contributed by atoms with E-state index in [1.807, 2.05) is 0 Å². The molecule has 0 saturated heterocycles. The second-order valence-electron chi connectivity index (χ2n) is 5.80. The molecule has 0 bridgehead atoms. The van der Waals surface area contributed by atoms with Gasteiger partial charge in [0.25, 0.3) is 0 Å². The van der Waals surface area contributed by atoms with Gasteiger partial charge in [-0.2, -0.15) is 5.10 Å². The highest BCUT2D eigenvalue weighted by atomic mass is 15.3. The van der Waals surface area contributed by atoms with E-state index in [1.165, 1.54) is 25.0 Å². The van der Waals surface area contributed by atoms with Crippen molar-refractivity contribution in [2.75, 3.05) is 0 Å². The van der Waals surface area contributed by atoms with Crippen LogP contribution in [0, 0.1) is 24.7 Å². The molecule has 1 aromatic rings. The molecule has 3 heteroatoms. The molecule has 2 saturated carbocycles. The van der Waals surface area contributed by atoms with E-state index in [-0.39, 0.29) is 0 Å². The van der Waals surface area contributed by atoms with Gasteiger partial charge in [0.05, 0.1) is 5.69 Å². The van der Waals surface area contributed by atoms with E-state index in [9.17, 15) is 0 Å². The van der Waals surface area contributed by atoms with Gasteiger partial charge in [-0.05, 0) is 50.5 Å². The lowest BCUT2D eigenvalue weighted by Gasteiger charge is -2.14. The van der Waals surface area contributed by atoms with E-state index in [1.54, 1.807) is 0 Å². The molecule has 3 rings (SSSR count). The van der Waals surface area contributed by atoms with Crippen molar-refractivity contribution in [3.05, 3.63) is 17.5 Å². The third kappa shape index (κ3) is 1.90. The number of aromatic nitrogens is 2. The van der Waals surface area contributed by atoms with Gasteiger partial charge in [-0.3, -0.25) is 4.68 Å². The smallest absolute Gasteiger partial charge is 0.0596 e. The number of aryl methyl sites for hydroxylation is 2. The van der Waals surface area contributed by atoms with Crippen LogP contribution in [-0.2, 0) is 13.0 Å². The maximum Gasteiger partial charge on any atom is 0.0596 e. The van der Waals surface area contributed by atoms with E-state index >= 15 is 0 Å². The van der Waals surface area contributed by atoms with Crippen LogP contribution in [0.5, 0.6) is 0 Å². The van der Waals surface area contributed by atoms with Crippen molar-refractivity contribution in [1.82, 2.24) is 9.78 Å². The van der Waals surface area contributed by atoms with E-state index in [0.717, 1.165) is 36.4 Å². The molecule has 3 nitrogen and oxygen atoms in total. The van der Waals surface area contributed by atoms with Crippen molar-refractivity contribution in [1.29, 1.82) is 0 Å². The van der Waals surface area contributed by atoms with Gasteiger partial charge in [0.1, 0.15) is 0 Å². The van der Waals surface area contributed by atoms with Crippen molar-refractivity contribution < 1.29 is 0 Å². The third-order valence-corrected chi connectivity index (χ3v) is 4.70. The molecule has 3 unspecified atom stereocenters. The number of rotatable bonds is 4. The van der Waals surface area contributed by atoms with E-state index in [0.29, 0.717) is 6.04 Å². The Morgan fingerprint density at radius 3 is 2.82 bits per heavy atom. The number of hydrogen-bond acceptors (Lipinski definition) is 2. The summed E-state index contributed by atoms with van der Waals surface area (Å²) in [6, 6.07) is 2.55. The molecule has 2 N–H and O–H groups in total. The highest BCUT2D eigenvalue weighted by Gasteiger charge is 2.54. The summed E-state index contributed by atoms with van der Waals surface area (Å²) in [5.74, 6) is 2.73. The minimum Gasteiger partial charge on any atom is -0.327 e. The number of nitrogens with two attached hydrogens (primary N) is 1. The molecule has 17 heavy (non-hydrogen) atoms. The lowest BCUT2D eigenvalue weighted by molar-refractivity contribution is 0.469. The fourth-order valence-electron chi connectivity index (χ4n) is 3.93. The normalized spacial score (nSPS) is 32.5. The maximum absolute atomic E-state index is 6.39. The summed E-state index contributed by atoms with van der Waals surface area (Å²) < 4.78 is 2.10. The number of hydrogen-bond donors (Lipinski definition) is 1. The Hall–Kier alpha value is -0.830. The molecular weight excluding hydrogens is 210 g/mol. The first-order chi connectivity index (χ1) is 8.20. The average molecular weight is 233 g/mol. The molecule has 1 aromatic heterocycles. The van der Waals surface area contributed by atoms with Crippen molar-refractivity contribution in [2.45, 2.75) is 52.1 Å². The minimum atomic E-state index is 0.353. The van der Waals surface area contributed by atoms with Crippen molar-refractivity contribution in [3.8, 4) is 0 Å². The van der Waals surface area contributed by atoms with Crippen LogP contribution in [0.15, 0.2) is 6.07 Å². The molecule has 0 radical (unpaired) electrons. The molecule has 0 aromatic carbocycles. The summed E-state index contributed by atoms with van der Waals surface area (Å²) in [6.45, 7) is 5.16. The Labute approximate surface area is 103 Å². The number of fused-ring (bicyclic) bond motifs is 1. The largest absolute Gasteiger partial charge is 0.327 e. The molecule has 2 fully saturated rings. The molecule has 0 spiro atoms. The molecular formula is C14H23N3. The maximum atomic E-state index is 6.39. The zero-order valence-corrected chi connectivity index (χ0v) is 10.9. The topological polar surface area (TPSA) is 43.8 Å². The van der Waals surface area contributed by atoms with E-state index in [4.69, 9.17) is 5.73 Å². The van der Waals surface area contributed by atoms with Crippen molar-refractivity contribution >= 4 is 0 Å². The minimum absolute atomic E-state index is 0.353. The summed E-state index contributed by atoms with van der Waals surface area (Å²) in [6.07, 6.45) is 5.29. The summed E-state index contributed by atoms with van der Waals surface area (Å²) in [5.41, 5.74) is 8.83. The van der Waals surface area contributed by atoms with Gasteiger partial charge in [-0.1, -0.05) is 6.42 Å². The van der Waals surface area contributed by atoms with Gasteiger partial charge in [-0.15, -0.1) is 0 Å². The molecule has 3 atom stereocenters. The highest BCUT2D eigenvalue weighted by molar-refractivity contribution is 5.14. The molecule has 0 amide bonds. The molecule has 2 aliphatic carbocycles. The van der Waals surface area contributed by atoms with Gasteiger partial charge >= 0.3 is 0 Å². The summed E-state index contributed by atoms with van der Waals surface area (Å²) in [7, 11) is 0. The predicted molar refractivity (Wildman–Crippen MR) is 68.6 cm³/mol. The molecule has 0 aliphatic heterocycles. The summed E-state index contributed by atoms with van der Waals surface area (Å²) in [5, 5.41) is 4.50. The zero-order chi connectivity index (χ0) is 12.0. The first-order valence-corrected chi connectivity index (χ1v) is 6.99. The van der Waals surface area contributed by atoms with Crippen LogP contribution in [-0.4, -0.2) is 15.8 Å². The predicted octanol–water partition coefficient (Wildman–Crippen LogP) is 2.13. The average Bonchev–Trinajstić information content (AvgIpc) is 2.66. The van der Waals surface area contributed by atoms with Gasteiger partial charge < -0.3 is 5.73 Å². The van der Waals surface area contributed by atoms with E-state index in [2.05, 4.69) is 29.7 Å². The van der Waals surface area contributed by atoms with Crippen LogP contribution >= 0.6 is 0 Å². The fraction of sp³-hybridized carbons (Fsp3) is 0.786. The van der Waals surface area contributed by atoms with Crippen molar-refractivity contribution in [3.63, 3.8) is 0 Å². The van der Waals surface area contributed by atoms with Crippen LogP contribution in [0.1, 0.15) is 37.6 Å². The first kappa shape index (κ1) is 11.3. The van der Waals surface area contributed by atoms with Crippen LogP contribution in [0.3, 0.4) is 0 Å².